The quantitative estimate of drug-likeness (QED) is 0.621. The highest BCUT2D eigenvalue weighted by Crippen LogP contribution is 2.22. The predicted octanol–water partition coefficient (Wildman–Crippen LogP) is 1.10. The van der Waals surface area contributed by atoms with Gasteiger partial charge in [0.05, 0.1) is 17.9 Å². The van der Waals surface area contributed by atoms with Crippen LogP contribution in [0.1, 0.15) is 17.3 Å². The Bertz CT molecular complexity index is 498. The Balaban J connectivity index is 2.36. The van der Waals surface area contributed by atoms with Crippen molar-refractivity contribution >= 4 is 5.69 Å². The third kappa shape index (κ3) is 2.64. The minimum Gasteiger partial charge on any atom is -0.378 e. The maximum atomic E-state index is 5.63. The number of anilines is 1. The SMILES string of the molecule is CN(C)c1cccc(C(NN)c2cnccn2)c1. The molecule has 1 aromatic heterocycles. The molecule has 0 aliphatic carbocycles. The van der Waals surface area contributed by atoms with Crippen molar-refractivity contribution in [2.45, 2.75) is 6.04 Å². The molecule has 1 unspecified atom stereocenters. The van der Waals surface area contributed by atoms with E-state index in [1.165, 1.54) is 0 Å². The first-order chi connectivity index (χ1) is 8.72. The van der Waals surface area contributed by atoms with Crippen LogP contribution in [0.3, 0.4) is 0 Å². The lowest BCUT2D eigenvalue weighted by Gasteiger charge is -2.18. The van der Waals surface area contributed by atoms with Crippen LogP contribution in [-0.4, -0.2) is 24.1 Å². The average molecular weight is 243 g/mol. The summed E-state index contributed by atoms with van der Waals surface area (Å²) >= 11 is 0. The highest BCUT2D eigenvalue weighted by molar-refractivity contribution is 5.48. The number of nitrogens with one attached hydrogen (secondary N) is 1. The fourth-order valence-corrected chi connectivity index (χ4v) is 1.79. The summed E-state index contributed by atoms with van der Waals surface area (Å²) in [7, 11) is 4.01. The van der Waals surface area contributed by atoms with Gasteiger partial charge in [0.1, 0.15) is 0 Å². The van der Waals surface area contributed by atoms with Crippen LogP contribution in [0.2, 0.25) is 0 Å². The highest BCUT2D eigenvalue weighted by Gasteiger charge is 2.14. The highest BCUT2D eigenvalue weighted by atomic mass is 15.2. The van der Waals surface area contributed by atoms with E-state index in [9.17, 15) is 0 Å². The van der Waals surface area contributed by atoms with E-state index in [2.05, 4.69) is 21.5 Å². The summed E-state index contributed by atoms with van der Waals surface area (Å²) < 4.78 is 0. The van der Waals surface area contributed by atoms with Crippen LogP contribution in [0.5, 0.6) is 0 Å². The maximum absolute atomic E-state index is 5.63. The van der Waals surface area contributed by atoms with Crippen molar-refractivity contribution in [3.8, 4) is 0 Å². The van der Waals surface area contributed by atoms with Crippen LogP contribution in [-0.2, 0) is 0 Å². The Labute approximate surface area is 107 Å². The van der Waals surface area contributed by atoms with Gasteiger partial charge in [-0.05, 0) is 17.7 Å². The molecule has 0 aliphatic heterocycles. The lowest BCUT2D eigenvalue weighted by atomic mass is 10.0. The normalized spacial score (nSPS) is 12.2. The summed E-state index contributed by atoms with van der Waals surface area (Å²) in [5, 5.41) is 0. The van der Waals surface area contributed by atoms with E-state index < -0.39 is 0 Å². The topological polar surface area (TPSA) is 67.1 Å². The number of benzene rings is 1. The monoisotopic (exact) mass is 243 g/mol. The van der Waals surface area contributed by atoms with Crippen molar-refractivity contribution < 1.29 is 0 Å². The Morgan fingerprint density at radius 2 is 2.11 bits per heavy atom. The fourth-order valence-electron chi connectivity index (χ4n) is 1.79. The lowest BCUT2D eigenvalue weighted by molar-refractivity contribution is 0.617. The van der Waals surface area contributed by atoms with Crippen LogP contribution in [0.15, 0.2) is 42.9 Å². The standard InChI is InChI=1S/C13H17N5/c1-18(2)11-5-3-4-10(8-11)13(17-14)12-9-15-6-7-16-12/h3-9,13,17H,14H2,1-2H3. The van der Waals surface area contributed by atoms with Crippen LogP contribution >= 0.6 is 0 Å². The Morgan fingerprint density at radius 1 is 1.28 bits per heavy atom. The summed E-state index contributed by atoms with van der Waals surface area (Å²) in [4.78, 5) is 10.4. The van der Waals surface area contributed by atoms with Gasteiger partial charge in [0.25, 0.3) is 0 Å². The Hall–Kier alpha value is -1.98. The van der Waals surface area contributed by atoms with E-state index in [1.54, 1.807) is 18.6 Å². The number of hydrogen-bond donors (Lipinski definition) is 2. The number of hydrazine groups is 1. The van der Waals surface area contributed by atoms with Crippen molar-refractivity contribution in [3.05, 3.63) is 54.1 Å². The zero-order valence-corrected chi connectivity index (χ0v) is 10.5. The molecular formula is C13H17N5. The number of nitrogens with zero attached hydrogens (tertiary/aromatic N) is 3. The third-order valence-electron chi connectivity index (χ3n) is 2.77. The number of hydrogen-bond acceptors (Lipinski definition) is 5. The van der Waals surface area contributed by atoms with E-state index in [4.69, 9.17) is 5.84 Å². The molecule has 1 heterocycles. The zero-order valence-electron chi connectivity index (χ0n) is 10.5. The number of aromatic nitrogens is 2. The predicted molar refractivity (Wildman–Crippen MR) is 72.0 cm³/mol. The minimum atomic E-state index is -0.154. The van der Waals surface area contributed by atoms with Crippen molar-refractivity contribution in [2.24, 2.45) is 5.84 Å². The van der Waals surface area contributed by atoms with Crippen LogP contribution in [0.25, 0.3) is 0 Å². The van der Waals surface area contributed by atoms with Crippen LogP contribution < -0.4 is 16.2 Å². The molecule has 1 aromatic carbocycles. The van der Waals surface area contributed by atoms with Crippen molar-refractivity contribution in [2.75, 3.05) is 19.0 Å². The molecule has 0 fully saturated rings. The molecule has 0 radical (unpaired) electrons. The van der Waals surface area contributed by atoms with Gasteiger partial charge in [-0.2, -0.15) is 0 Å². The zero-order chi connectivity index (χ0) is 13.0. The van der Waals surface area contributed by atoms with Gasteiger partial charge in [-0.15, -0.1) is 0 Å². The average Bonchev–Trinajstić information content (AvgIpc) is 2.41. The molecule has 0 saturated carbocycles. The molecular weight excluding hydrogens is 226 g/mol. The molecule has 5 heteroatoms. The first-order valence-electron chi connectivity index (χ1n) is 5.71. The molecule has 2 aromatic rings. The van der Waals surface area contributed by atoms with Crippen LogP contribution in [0, 0.1) is 0 Å². The molecule has 0 spiro atoms. The molecule has 0 amide bonds. The van der Waals surface area contributed by atoms with E-state index in [0.29, 0.717) is 0 Å². The minimum absolute atomic E-state index is 0.154. The van der Waals surface area contributed by atoms with Gasteiger partial charge in [0.15, 0.2) is 0 Å². The fraction of sp³-hybridized carbons (Fsp3) is 0.231. The van der Waals surface area contributed by atoms with Gasteiger partial charge in [0.2, 0.25) is 0 Å². The molecule has 3 N–H and O–H groups in total. The van der Waals surface area contributed by atoms with Gasteiger partial charge in [0, 0.05) is 32.2 Å². The van der Waals surface area contributed by atoms with Crippen molar-refractivity contribution in [1.82, 2.24) is 15.4 Å². The largest absolute Gasteiger partial charge is 0.378 e. The molecule has 0 saturated heterocycles. The van der Waals surface area contributed by atoms with Gasteiger partial charge in [-0.25, -0.2) is 5.43 Å². The van der Waals surface area contributed by atoms with E-state index in [-0.39, 0.29) is 6.04 Å². The van der Waals surface area contributed by atoms with Gasteiger partial charge >= 0.3 is 0 Å². The molecule has 0 aliphatic rings. The summed E-state index contributed by atoms with van der Waals surface area (Å²) in [6.45, 7) is 0. The summed E-state index contributed by atoms with van der Waals surface area (Å²) in [5.74, 6) is 5.63. The van der Waals surface area contributed by atoms with Gasteiger partial charge in [-0.3, -0.25) is 15.8 Å². The van der Waals surface area contributed by atoms with Crippen molar-refractivity contribution in [3.63, 3.8) is 0 Å². The van der Waals surface area contributed by atoms with Crippen molar-refractivity contribution in [1.29, 1.82) is 0 Å². The third-order valence-corrected chi connectivity index (χ3v) is 2.77. The molecule has 1 atom stereocenters. The first-order valence-corrected chi connectivity index (χ1v) is 5.71. The number of rotatable bonds is 4. The summed E-state index contributed by atoms with van der Waals surface area (Å²) in [5.41, 5.74) is 5.76. The summed E-state index contributed by atoms with van der Waals surface area (Å²) in [6, 6.07) is 8.00. The molecule has 5 nitrogen and oxygen atoms in total. The molecule has 2 rings (SSSR count). The second-order valence-electron chi connectivity index (χ2n) is 4.22. The van der Waals surface area contributed by atoms with E-state index in [1.807, 2.05) is 37.2 Å². The maximum Gasteiger partial charge on any atom is 0.0897 e. The Morgan fingerprint density at radius 3 is 2.72 bits per heavy atom. The van der Waals surface area contributed by atoms with E-state index in [0.717, 1.165) is 16.9 Å². The molecule has 0 bridgehead atoms. The second kappa shape index (κ2) is 5.57. The first kappa shape index (κ1) is 12.5. The number of nitrogens with two attached hydrogens (primary N) is 1. The lowest BCUT2D eigenvalue weighted by Crippen LogP contribution is -2.29. The molecule has 94 valence electrons. The van der Waals surface area contributed by atoms with Gasteiger partial charge < -0.3 is 4.90 Å². The van der Waals surface area contributed by atoms with Gasteiger partial charge in [-0.1, -0.05) is 12.1 Å². The van der Waals surface area contributed by atoms with Crippen LogP contribution in [0.4, 0.5) is 5.69 Å². The summed E-state index contributed by atoms with van der Waals surface area (Å²) in [6.07, 6.45) is 5.02. The van der Waals surface area contributed by atoms with E-state index >= 15 is 0 Å². The smallest absolute Gasteiger partial charge is 0.0897 e. The Kier molecular flexibility index (Phi) is 3.86. The second-order valence-corrected chi connectivity index (χ2v) is 4.22. The molecule has 18 heavy (non-hydrogen) atoms.